The Labute approximate surface area is 141 Å². The van der Waals surface area contributed by atoms with E-state index < -0.39 is 29.2 Å². The van der Waals surface area contributed by atoms with Crippen LogP contribution in [0, 0.1) is 22.7 Å². The molecule has 0 fully saturated rings. The standard InChI is InChI=1S/C16H11ClF3N3O/c1-9(24-2)23-13(8-22)12(7-21)14(16(18,19)20)15(23)10-3-5-11(17)6-4-10/h3-6,9H,1-2H3. The van der Waals surface area contributed by atoms with Gasteiger partial charge in [-0.3, -0.25) is 0 Å². The van der Waals surface area contributed by atoms with Crippen LogP contribution >= 0.6 is 11.6 Å². The molecule has 1 unspecified atom stereocenters. The van der Waals surface area contributed by atoms with Gasteiger partial charge in [0, 0.05) is 12.1 Å². The number of halogens is 4. The van der Waals surface area contributed by atoms with Gasteiger partial charge in [-0.1, -0.05) is 23.7 Å². The van der Waals surface area contributed by atoms with Crippen LogP contribution in [0.5, 0.6) is 0 Å². The second kappa shape index (κ2) is 6.56. The van der Waals surface area contributed by atoms with Crippen LogP contribution in [-0.2, 0) is 10.9 Å². The molecule has 0 aliphatic rings. The molecule has 1 aromatic heterocycles. The Morgan fingerprint density at radius 3 is 2.17 bits per heavy atom. The first-order valence-electron chi connectivity index (χ1n) is 6.70. The van der Waals surface area contributed by atoms with E-state index in [-0.39, 0.29) is 11.3 Å². The van der Waals surface area contributed by atoms with Crippen molar-refractivity contribution in [3.63, 3.8) is 0 Å². The molecule has 0 radical (unpaired) electrons. The van der Waals surface area contributed by atoms with E-state index in [9.17, 15) is 23.7 Å². The van der Waals surface area contributed by atoms with Crippen LogP contribution in [0.2, 0.25) is 5.02 Å². The van der Waals surface area contributed by atoms with Crippen molar-refractivity contribution in [2.45, 2.75) is 19.3 Å². The summed E-state index contributed by atoms with van der Waals surface area (Å²) in [6, 6.07) is 8.84. The SMILES string of the molecule is COC(C)n1c(C#N)c(C#N)c(C(F)(F)F)c1-c1ccc(Cl)cc1. The van der Waals surface area contributed by atoms with Gasteiger partial charge >= 0.3 is 6.18 Å². The second-order valence-corrected chi connectivity index (χ2v) is 5.32. The predicted molar refractivity (Wildman–Crippen MR) is 81.0 cm³/mol. The zero-order valence-corrected chi connectivity index (χ0v) is 13.4. The Morgan fingerprint density at radius 1 is 1.17 bits per heavy atom. The van der Waals surface area contributed by atoms with Crippen molar-refractivity contribution in [1.29, 1.82) is 10.5 Å². The lowest BCUT2D eigenvalue weighted by Gasteiger charge is -2.18. The molecule has 0 bridgehead atoms. The molecular formula is C16H11ClF3N3O. The van der Waals surface area contributed by atoms with Gasteiger partial charge in [-0.25, -0.2) is 0 Å². The average Bonchev–Trinajstić information content (AvgIpc) is 2.89. The third-order valence-electron chi connectivity index (χ3n) is 3.53. The number of hydrogen-bond acceptors (Lipinski definition) is 3. The van der Waals surface area contributed by atoms with Crippen LogP contribution in [0.1, 0.15) is 30.0 Å². The van der Waals surface area contributed by atoms with E-state index in [1.165, 1.54) is 44.4 Å². The number of methoxy groups -OCH3 is 1. The fraction of sp³-hybridized carbons (Fsp3) is 0.250. The third-order valence-corrected chi connectivity index (χ3v) is 3.78. The van der Waals surface area contributed by atoms with Crippen molar-refractivity contribution in [1.82, 2.24) is 4.57 Å². The maximum absolute atomic E-state index is 13.6. The summed E-state index contributed by atoms with van der Waals surface area (Å²) in [4.78, 5) is 0. The molecule has 0 saturated heterocycles. The van der Waals surface area contributed by atoms with E-state index in [1.807, 2.05) is 0 Å². The lowest BCUT2D eigenvalue weighted by atomic mass is 10.0. The molecular weight excluding hydrogens is 343 g/mol. The third kappa shape index (κ3) is 2.96. The van der Waals surface area contributed by atoms with Crippen molar-refractivity contribution in [3.8, 4) is 23.4 Å². The lowest BCUT2D eigenvalue weighted by molar-refractivity contribution is -0.137. The predicted octanol–water partition coefficient (Wildman–Crippen LogP) is 4.74. The lowest BCUT2D eigenvalue weighted by Crippen LogP contribution is -2.13. The number of alkyl halides is 3. The first kappa shape index (κ1) is 17.9. The van der Waals surface area contributed by atoms with Crippen LogP contribution in [-0.4, -0.2) is 11.7 Å². The van der Waals surface area contributed by atoms with Gasteiger partial charge in [0.1, 0.15) is 35.2 Å². The summed E-state index contributed by atoms with van der Waals surface area (Å²) < 4.78 is 47.0. The van der Waals surface area contributed by atoms with Crippen LogP contribution < -0.4 is 0 Å². The van der Waals surface area contributed by atoms with E-state index in [4.69, 9.17) is 16.3 Å². The van der Waals surface area contributed by atoms with Crippen molar-refractivity contribution in [3.05, 3.63) is 46.1 Å². The highest BCUT2D eigenvalue weighted by molar-refractivity contribution is 6.30. The molecule has 8 heteroatoms. The van der Waals surface area contributed by atoms with Crippen molar-refractivity contribution >= 4 is 11.6 Å². The molecule has 0 saturated carbocycles. The molecule has 4 nitrogen and oxygen atoms in total. The van der Waals surface area contributed by atoms with Gasteiger partial charge in [-0.2, -0.15) is 23.7 Å². The highest BCUT2D eigenvalue weighted by Crippen LogP contribution is 2.43. The largest absolute Gasteiger partial charge is 0.419 e. The van der Waals surface area contributed by atoms with E-state index >= 15 is 0 Å². The number of rotatable bonds is 3. The highest BCUT2D eigenvalue weighted by atomic mass is 35.5. The van der Waals surface area contributed by atoms with E-state index in [1.54, 1.807) is 6.07 Å². The first-order valence-corrected chi connectivity index (χ1v) is 7.08. The van der Waals surface area contributed by atoms with Crippen LogP contribution in [0.25, 0.3) is 11.3 Å². The molecule has 124 valence electrons. The minimum Gasteiger partial charge on any atom is -0.362 e. The average molecular weight is 354 g/mol. The number of nitrogens with zero attached hydrogens (tertiary/aromatic N) is 3. The summed E-state index contributed by atoms with van der Waals surface area (Å²) >= 11 is 5.79. The molecule has 0 spiro atoms. The summed E-state index contributed by atoms with van der Waals surface area (Å²) in [5, 5.41) is 18.9. The van der Waals surface area contributed by atoms with Crippen molar-refractivity contribution < 1.29 is 17.9 Å². The molecule has 0 aliphatic carbocycles. The maximum atomic E-state index is 13.6. The van der Waals surface area contributed by atoms with Gasteiger partial charge in [-0.05, 0) is 24.6 Å². The molecule has 0 N–H and O–H groups in total. The normalized spacial score (nSPS) is 12.5. The topological polar surface area (TPSA) is 61.7 Å². The summed E-state index contributed by atoms with van der Waals surface area (Å²) in [5.41, 5.74) is -2.41. The van der Waals surface area contributed by atoms with Crippen LogP contribution in [0.4, 0.5) is 13.2 Å². The zero-order chi connectivity index (χ0) is 18.1. The van der Waals surface area contributed by atoms with Crippen molar-refractivity contribution in [2.75, 3.05) is 7.11 Å². The summed E-state index contributed by atoms with van der Waals surface area (Å²) in [7, 11) is 1.30. The van der Waals surface area contributed by atoms with Gasteiger partial charge in [0.15, 0.2) is 0 Å². The summed E-state index contributed by atoms with van der Waals surface area (Å²) in [6.45, 7) is 1.49. The smallest absolute Gasteiger partial charge is 0.362 e. The van der Waals surface area contributed by atoms with Crippen LogP contribution in [0.15, 0.2) is 24.3 Å². The van der Waals surface area contributed by atoms with Gasteiger partial charge in [0.25, 0.3) is 0 Å². The zero-order valence-electron chi connectivity index (χ0n) is 12.6. The molecule has 2 rings (SSSR count). The Balaban J connectivity index is 2.99. The van der Waals surface area contributed by atoms with Crippen molar-refractivity contribution in [2.24, 2.45) is 0 Å². The molecule has 0 aliphatic heterocycles. The number of benzene rings is 1. The number of ether oxygens (including phenoxy) is 1. The minimum atomic E-state index is -4.82. The molecule has 2 aromatic rings. The number of hydrogen-bond donors (Lipinski definition) is 0. The second-order valence-electron chi connectivity index (χ2n) is 4.88. The summed E-state index contributed by atoms with van der Waals surface area (Å²) in [6.07, 6.45) is -5.70. The number of nitriles is 2. The highest BCUT2D eigenvalue weighted by Gasteiger charge is 2.42. The minimum absolute atomic E-state index is 0.175. The molecule has 1 heterocycles. The monoisotopic (exact) mass is 353 g/mol. The van der Waals surface area contributed by atoms with Gasteiger partial charge < -0.3 is 9.30 Å². The number of aromatic nitrogens is 1. The molecule has 0 amide bonds. The quantitative estimate of drug-likeness (QED) is 0.801. The molecule has 24 heavy (non-hydrogen) atoms. The van der Waals surface area contributed by atoms with Gasteiger partial charge in [-0.15, -0.1) is 0 Å². The maximum Gasteiger partial charge on any atom is 0.419 e. The van der Waals surface area contributed by atoms with E-state index in [2.05, 4.69) is 0 Å². The van der Waals surface area contributed by atoms with Gasteiger partial charge in [0.2, 0.25) is 0 Å². The Bertz CT molecular complexity index is 842. The van der Waals surface area contributed by atoms with Crippen LogP contribution in [0.3, 0.4) is 0 Å². The fourth-order valence-electron chi connectivity index (χ4n) is 2.44. The first-order chi connectivity index (χ1) is 11.3. The Hall–Kier alpha value is -2.48. The Morgan fingerprint density at radius 2 is 1.75 bits per heavy atom. The van der Waals surface area contributed by atoms with E-state index in [0.717, 1.165) is 4.57 Å². The molecule has 1 aromatic carbocycles. The molecule has 1 atom stereocenters. The fourth-order valence-corrected chi connectivity index (χ4v) is 2.57. The van der Waals surface area contributed by atoms with E-state index in [0.29, 0.717) is 5.02 Å². The Kier molecular flexibility index (Phi) is 4.88. The van der Waals surface area contributed by atoms with Gasteiger partial charge in [0.05, 0.1) is 5.69 Å². The summed E-state index contributed by atoms with van der Waals surface area (Å²) in [5.74, 6) is 0.